The first-order valence-corrected chi connectivity index (χ1v) is 12.6. The Morgan fingerprint density at radius 2 is 1.85 bits per heavy atom. The number of pyridine rings is 1. The monoisotopic (exact) mass is 506 g/mol. The van der Waals surface area contributed by atoms with Crippen molar-refractivity contribution in [1.29, 1.82) is 10.5 Å². The minimum absolute atomic E-state index is 0.0470. The maximum Gasteiger partial charge on any atom is 0.226 e. The lowest BCUT2D eigenvalue weighted by molar-refractivity contribution is -0.115. The second-order valence-corrected chi connectivity index (χ2v) is 9.58. The molecule has 0 saturated heterocycles. The highest BCUT2D eigenvalue weighted by Gasteiger charge is 2.21. The Kier molecular flexibility index (Phi) is 7.18. The maximum atomic E-state index is 13.1. The number of halogens is 1. The molecule has 7 nitrogen and oxygen atoms in total. The summed E-state index contributed by atoms with van der Waals surface area (Å²) in [5, 5.41) is 28.3. The summed E-state index contributed by atoms with van der Waals surface area (Å²) in [5.41, 5.74) is 9.01. The molecule has 0 unspecified atom stereocenters. The molecule has 3 aromatic heterocycles. The minimum atomic E-state index is -0.328. The lowest BCUT2D eigenvalue weighted by Gasteiger charge is -2.11. The summed E-state index contributed by atoms with van der Waals surface area (Å²) in [7, 11) is 0. The molecule has 4 aromatic rings. The zero-order valence-electron chi connectivity index (χ0n) is 17.4. The Morgan fingerprint density at radius 1 is 1.09 bits per heavy atom. The molecule has 0 saturated carbocycles. The SMILES string of the molecule is N#Cc1c(N)nc(SCCC(=O)Nc2nc(-c3ccc(F)cc3)cs2)c(C#N)c1-c1ccsc1. The van der Waals surface area contributed by atoms with E-state index >= 15 is 0 Å². The van der Waals surface area contributed by atoms with Gasteiger partial charge in [-0.25, -0.2) is 14.4 Å². The van der Waals surface area contributed by atoms with Crippen LogP contribution in [-0.4, -0.2) is 21.6 Å². The number of rotatable bonds is 7. The highest BCUT2D eigenvalue weighted by molar-refractivity contribution is 7.99. The predicted octanol–water partition coefficient (Wildman–Crippen LogP) is 5.52. The molecule has 0 atom stereocenters. The van der Waals surface area contributed by atoms with E-state index in [4.69, 9.17) is 5.73 Å². The Labute approximate surface area is 206 Å². The molecule has 0 fully saturated rings. The normalized spacial score (nSPS) is 10.4. The number of nitrogens with zero attached hydrogens (tertiary/aromatic N) is 4. The third-order valence-electron chi connectivity index (χ3n) is 4.68. The van der Waals surface area contributed by atoms with Gasteiger partial charge in [0.1, 0.15) is 34.4 Å². The number of thiophene rings is 1. The van der Waals surface area contributed by atoms with Gasteiger partial charge in [0, 0.05) is 28.7 Å². The first kappa shape index (κ1) is 23.4. The number of nitriles is 2. The first-order valence-electron chi connectivity index (χ1n) is 9.80. The van der Waals surface area contributed by atoms with Crippen LogP contribution in [0.25, 0.3) is 22.4 Å². The fourth-order valence-electron chi connectivity index (χ4n) is 3.10. The average molecular weight is 507 g/mol. The van der Waals surface area contributed by atoms with Crippen LogP contribution in [0.4, 0.5) is 15.3 Å². The number of aromatic nitrogens is 2. The Hall–Kier alpha value is -3.77. The van der Waals surface area contributed by atoms with Gasteiger partial charge in [0.05, 0.1) is 11.3 Å². The van der Waals surface area contributed by atoms with E-state index < -0.39 is 0 Å². The zero-order valence-corrected chi connectivity index (χ0v) is 19.9. The smallest absolute Gasteiger partial charge is 0.226 e. The summed E-state index contributed by atoms with van der Waals surface area (Å²) in [5.74, 6) is -0.181. The fourth-order valence-corrected chi connectivity index (χ4v) is 5.42. The number of nitrogens with two attached hydrogens (primary N) is 1. The topological polar surface area (TPSA) is 128 Å². The quantitative estimate of drug-likeness (QED) is 0.316. The molecule has 1 amide bonds. The first-order chi connectivity index (χ1) is 16.5. The van der Waals surface area contributed by atoms with Crippen molar-refractivity contribution in [2.45, 2.75) is 11.4 Å². The second kappa shape index (κ2) is 10.4. The van der Waals surface area contributed by atoms with E-state index in [2.05, 4.69) is 21.4 Å². The molecular formula is C23H15FN6OS3. The van der Waals surface area contributed by atoms with Gasteiger partial charge in [-0.2, -0.15) is 21.9 Å². The van der Waals surface area contributed by atoms with Gasteiger partial charge in [0.2, 0.25) is 5.91 Å². The molecule has 0 aliphatic carbocycles. The van der Waals surface area contributed by atoms with Crippen molar-refractivity contribution in [2.75, 3.05) is 16.8 Å². The van der Waals surface area contributed by atoms with Gasteiger partial charge in [-0.15, -0.1) is 23.1 Å². The summed E-state index contributed by atoms with van der Waals surface area (Å²) < 4.78 is 13.1. The number of carbonyl (C=O) groups excluding carboxylic acids is 1. The number of thiazole rings is 1. The summed E-state index contributed by atoms with van der Waals surface area (Å²) in [4.78, 5) is 21.0. The van der Waals surface area contributed by atoms with Crippen LogP contribution in [-0.2, 0) is 4.79 Å². The number of nitrogens with one attached hydrogen (secondary N) is 1. The number of carbonyl (C=O) groups is 1. The highest BCUT2D eigenvalue weighted by atomic mass is 32.2. The van der Waals surface area contributed by atoms with E-state index in [1.165, 1.54) is 46.6 Å². The van der Waals surface area contributed by atoms with Crippen molar-refractivity contribution >= 4 is 51.3 Å². The predicted molar refractivity (Wildman–Crippen MR) is 133 cm³/mol. The molecule has 0 spiro atoms. The number of amides is 1. The van der Waals surface area contributed by atoms with Gasteiger partial charge in [-0.05, 0) is 46.7 Å². The van der Waals surface area contributed by atoms with Crippen molar-refractivity contribution in [2.24, 2.45) is 0 Å². The van der Waals surface area contributed by atoms with Gasteiger partial charge in [0.25, 0.3) is 0 Å². The van der Waals surface area contributed by atoms with E-state index in [0.29, 0.717) is 27.2 Å². The lowest BCUT2D eigenvalue weighted by Crippen LogP contribution is -2.12. The molecule has 4 rings (SSSR count). The van der Waals surface area contributed by atoms with Crippen molar-refractivity contribution < 1.29 is 9.18 Å². The molecule has 0 aliphatic heterocycles. The van der Waals surface area contributed by atoms with Crippen LogP contribution in [0.1, 0.15) is 17.5 Å². The van der Waals surface area contributed by atoms with Crippen LogP contribution in [0.5, 0.6) is 0 Å². The van der Waals surface area contributed by atoms with Crippen molar-refractivity contribution in [3.8, 4) is 34.5 Å². The summed E-state index contributed by atoms with van der Waals surface area (Å²) >= 11 is 3.95. The van der Waals surface area contributed by atoms with E-state index in [0.717, 1.165) is 11.1 Å². The van der Waals surface area contributed by atoms with E-state index in [-0.39, 0.29) is 35.1 Å². The van der Waals surface area contributed by atoms with Gasteiger partial charge in [-0.1, -0.05) is 0 Å². The average Bonchev–Trinajstić information content (AvgIpc) is 3.52. The van der Waals surface area contributed by atoms with Gasteiger partial charge in [0.15, 0.2) is 5.13 Å². The molecule has 0 bridgehead atoms. The summed E-state index contributed by atoms with van der Waals surface area (Å²) in [6.45, 7) is 0. The molecule has 0 radical (unpaired) electrons. The number of hydrogen-bond donors (Lipinski definition) is 2. The molecule has 168 valence electrons. The van der Waals surface area contributed by atoms with Gasteiger partial charge >= 0.3 is 0 Å². The number of anilines is 2. The number of hydrogen-bond acceptors (Lipinski definition) is 9. The van der Waals surface area contributed by atoms with Crippen LogP contribution < -0.4 is 11.1 Å². The molecule has 1 aromatic carbocycles. The number of nitrogen functional groups attached to an aromatic ring is 1. The highest BCUT2D eigenvalue weighted by Crippen LogP contribution is 2.36. The van der Waals surface area contributed by atoms with Gasteiger partial charge < -0.3 is 11.1 Å². The standard InChI is InChI=1S/C23H15FN6OS3/c24-15-3-1-13(2-4-15)18-12-34-23(28-18)29-19(31)6-8-33-22-17(10-26)20(14-5-7-32-11-14)16(9-25)21(27)30-22/h1-5,7,11-12H,6,8H2,(H2,27,30)(H,28,29,31). The van der Waals surface area contributed by atoms with E-state index in [1.807, 2.05) is 22.9 Å². The van der Waals surface area contributed by atoms with E-state index in [9.17, 15) is 19.7 Å². The molecule has 0 aliphatic rings. The van der Waals surface area contributed by atoms with Crippen LogP contribution in [0.15, 0.2) is 51.5 Å². The van der Waals surface area contributed by atoms with Crippen molar-refractivity contribution in [3.63, 3.8) is 0 Å². The minimum Gasteiger partial charge on any atom is -0.383 e. The van der Waals surface area contributed by atoms with Crippen LogP contribution in [0.2, 0.25) is 0 Å². The number of benzene rings is 1. The van der Waals surface area contributed by atoms with E-state index in [1.54, 1.807) is 17.5 Å². The van der Waals surface area contributed by atoms with Crippen molar-refractivity contribution in [1.82, 2.24) is 9.97 Å². The van der Waals surface area contributed by atoms with Crippen LogP contribution in [0.3, 0.4) is 0 Å². The molecule has 34 heavy (non-hydrogen) atoms. The summed E-state index contributed by atoms with van der Waals surface area (Å²) in [6.07, 6.45) is 0.149. The maximum absolute atomic E-state index is 13.1. The largest absolute Gasteiger partial charge is 0.383 e. The van der Waals surface area contributed by atoms with Crippen molar-refractivity contribution in [3.05, 3.63) is 63.4 Å². The summed E-state index contributed by atoms with van der Waals surface area (Å²) in [6, 6.07) is 12.0. The Balaban J connectivity index is 1.43. The Bertz CT molecular complexity index is 1420. The number of thioether (sulfide) groups is 1. The Morgan fingerprint density at radius 3 is 2.53 bits per heavy atom. The van der Waals surface area contributed by atoms with Crippen LogP contribution in [0, 0.1) is 28.5 Å². The second-order valence-electron chi connectivity index (χ2n) is 6.85. The molecule has 3 heterocycles. The molecule has 3 N–H and O–H groups in total. The fraction of sp³-hybridized carbons (Fsp3) is 0.0870. The van der Waals surface area contributed by atoms with Gasteiger partial charge in [-0.3, -0.25) is 4.79 Å². The third-order valence-corrected chi connectivity index (χ3v) is 7.10. The van der Waals surface area contributed by atoms with Crippen LogP contribution >= 0.6 is 34.4 Å². The zero-order chi connectivity index (χ0) is 24.1. The third kappa shape index (κ3) is 5.07. The lowest BCUT2D eigenvalue weighted by atomic mass is 9.99. The molecular weight excluding hydrogens is 491 g/mol. The molecule has 11 heteroatoms.